The molecule has 6 heteroatoms. The maximum atomic E-state index is 11.7. The quantitative estimate of drug-likeness (QED) is 0.899. The van der Waals surface area contributed by atoms with Gasteiger partial charge in [-0.15, -0.1) is 11.3 Å². The van der Waals surface area contributed by atoms with Crippen molar-refractivity contribution in [3.63, 3.8) is 0 Å². The molecule has 100 valence electrons. The number of thiazole rings is 1. The molecule has 0 aromatic carbocycles. The number of pyridine rings is 1. The van der Waals surface area contributed by atoms with Gasteiger partial charge in [0, 0.05) is 30.6 Å². The first-order valence-corrected chi connectivity index (χ1v) is 6.75. The molecule has 0 atom stereocenters. The van der Waals surface area contributed by atoms with Gasteiger partial charge in [0.25, 0.3) is 5.56 Å². The fraction of sp³-hybridized carbons (Fsp3) is 0.308. The maximum Gasteiger partial charge on any atom is 0.309 e. The highest BCUT2D eigenvalue weighted by molar-refractivity contribution is 7.09. The average Bonchev–Trinajstić information content (AvgIpc) is 2.74. The van der Waals surface area contributed by atoms with Crippen molar-refractivity contribution in [2.75, 3.05) is 0 Å². The second-order valence-electron chi connectivity index (χ2n) is 4.29. The van der Waals surface area contributed by atoms with Crippen molar-refractivity contribution in [1.82, 2.24) is 9.55 Å². The minimum atomic E-state index is -0.883. The van der Waals surface area contributed by atoms with E-state index in [-0.39, 0.29) is 12.0 Å². The zero-order chi connectivity index (χ0) is 13.8. The number of aromatic nitrogens is 2. The molecular formula is C13H14N2O3S. The number of hydrogen-bond acceptors (Lipinski definition) is 4. The first kappa shape index (κ1) is 13.5. The van der Waals surface area contributed by atoms with E-state index in [4.69, 9.17) is 5.11 Å². The topological polar surface area (TPSA) is 72.2 Å². The second kappa shape index (κ2) is 5.79. The molecule has 1 N–H and O–H groups in total. The highest BCUT2D eigenvalue weighted by Gasteiger charge is 2.06. The highest BCUT2D eigenvalue weighted by Crippen LogP contribution is 2.11. The van der Waals surface area contributed by atoms with E-state index in [2.05, 4.69) is 4.98 Å². The molecule has 0 amide bonds. The van der Waals surface area contributed by atoms with E-state index < -0.39 is 5.97 Å². The maximum absolute atomic E-state index is 11.7. The third-order valence-corrected chi connectivity index (χ3v) is 3.61. The number of carboxylic acids is 1. The lowest BCUT2D eigenvalue weighted by molar-refractivity contribution is -0.136. The molecule has 0 aliphatic carbocycles. The lowest BCUT2D eigenvalue weighted by Crippen LogP contribution is -2.19. The Labute approximate surface area is 114 Å². The summed E-state index contributed by atoms with van der Waals surface area (Å²) in [4.78, 5) is 26.5. The summed E-state index contributed by atoms with van der Waals surface area (Å²) in [5.41, 5.74) is 1.49. The normalized spacial score (nSPS) is 10.6. The minimum absolute atomic E-state index is 0.0256. The van der Waals surface area contributed by atoms with E-state index in [0.717, 1.165) is 10.6 Å². The van der Waals surface area contributed by atoms with E-state index in [1.54, 1.807) is 22.2 Å². The molecule has 2 aromatic heterocycles. The zero-order valence-corrected chi connectivity index (χ0v) is 11.3. The Balaban J connectivity index is 2.00. The number of aliphatic carboxylic acids is 1. The van der Waals surface area contributed by atoms with Crippen molar-refractivity contribution in [2.45, 2.75) is 26.3 Å². The van der Waals surface area contributed by atoms with Crippen LogP contribution in [0, 0.1) is 6.92 Å². The number of rotatable bonds is 5. The third-order valence-electron chi connectivity index (χ3n) is 2.65. The zero-order valence-electron chi connectivity index (χ0n) is 10.5. The molecule has 0 radical (unpaired) electrons. The van der Waals surface area contributed by atoms with Crippen LogP contribution in [0.5, 0.6) is 0 Å². The van der Waals surface area contributed by atoms with E-state index in [1.165, 1.54) is 11.3 Å². The second-order valence-corrected chi connectivity index (χ2v) is 5.23. The Morgan fingerprint density at radius 1 is 1.53 bits per heavy atom. The van der Waals surface area contributed by atoms with Gasteiger partial charge in [0.1, 0.15) is 0 Å². The number of carbonyl (C=O) groups is 1. The van der Waals surface area contributed by atoms with Crippen molar-refractivity contribution >= 4 is 17.3 Å². The first-order chi connectivity index (χ1) is 9.04. The largest absolute Gasteiger partial charge is 0.481 e. The average molecular weight is 278 g/mol. The Bertz CT molecular complexity index is 645. The molecule has 0 bridgehead atoms. The lowest BCUT2D eigenvalue weighted by atomic mass is 10.3. The fourth-order valence-electron chi connectivity index (χ4n) is 1.71. The molecule has 0 spiro atoms. The fourth-order valence-corrected chi connectivity index (χ4v) is 2.49. The molecule has 5 nitrogen and oxygen atoms in total. The van der Waals surface area contributed by atoms with Crippen LogP contribution < -0.4 is 5.56 Å². The van der Waals surface area contributed by atoms with E-state index >= 15 is 0 Å². The van der Waals surface area contributed by atoms with Gasteiger partial charge in [0.2, 0.25) is 0 Å². The molecule has 2 aromatic rings. The van der Waals surface area contributed by atoms with Crippen LogP contribution in [-0.4, -0.2) is 20.6 Å². The van der Waals surface area contributed by atoms with E-state index in [9.17, 15) is 9.59 Å². The number of aryl methyl sites for hydroxylation is 3. The van der Waals surface area contributed by atoms with Gasteiger partial charge < -0.3 is 9.67 Å². The lowest BCUT2D eigenvalue weighted by Gasteiger charge is -2.03. The van der Waals surface area contributed by atoms with Crippen LogP contribution in [0.3, 0.4) is 0 Å². The van der Waals surface area contributed by atoms with Gasteiger partial charge >= 0.3 is 5.97 Å². The standard InChI is InChI=1S/C13H14N2O3S/c1-9-2-4-15(12(16)6-9)5-3-11-14-10(8-19-11)7-13(17)18/h2,4,6,8H,3,5,7H2,1H3,(H,17,18). The number of nitrogens with zero attached hydrogens (tertiary/aromatic N) is 2. The predicted molar refractivity (Wildman–Crippen MR) is 72.6 cm³/mol. The third kappa shape index (κ3) is 3.75. The molecule has 0 saturated carbocycles. The molecular weight excluding hydrogens is 264 g/mol. The number of carboxylic acid groups (broad SMARTS) is 1. The predicted octanol–water partition coefficient (Wildman–Crippen LogP) is 1.48. The van der Waals surface area contributed by atoms with Crippen LogP contribution in [-0.2, 0) is 24.2 Å². The Morgan fingerprint density at radius 2 is 2.32 bits per heavy atom. The van der Waals surface area contributed by atoms with Crippen molar-refractivity contribution in [3.05, 3.63) is 50.3 Å². The van der Waals surface area contributed by atoms with E-state index in [1.807, 2.05) is 13.0 Å². The summed E-state index contributed by atoms with van der Waals surface area (Å²) in [6.45, 7) is 2.43. The van der Waals surface area contributed by atoms with Gasteiger partial charge in [-0.3, -0.25) is 9.59 Å². The van der Waals surface area contributed by atoms with Gasteiger partial charge in [-0.2, -0.15) is 0 Å². The van der Waals surface area contributed by atoms with Crippen LogP contribution in [0.25, 0.3) is 0 Å². The Hall–Kier alpha value is -1.95. The Kier molecular flexibility index (Phi) is 4.11. The summed E-state index contributed by atoms with van der Waals surface area (Å²) in [5, 5.41) is 11.3. The van der Waals surface area contributed by atoms with Gasteiger partial charge in [-0.05, 0) is 18.6 Å². The molecule has 0 saturated heterocycles. The van der Waals surface area contributed by atoms with Crippen LogP contribution >= 0.6 is 11.3 Å². The smallest absolute Gasteiger partial charge is 0.309 e. The summed E-state index contributed by atoms with van der Waals surface area (Å²) < 4.78 is 1.63. The molecule has 2 rings (SSSR count). The summed E-state index contributed by atoms with van der Waals surface area (Å²) in [6.07, 6.45) is 2.34. The summed E-state index contributed by atoms with van der Waals surface area (Å²) >= 11 is 1.43. The van der Waals surface area contributed by atoms with Crippen LogP contribution in [0.15, 0.2) is 28.5 Å². The van der Waals surface area contributed by atoms with Gasteiger partial charge in [0.05, 0.1) is 17.1 Å². The van der Waals surface area contributed by atoms with Crippen molar-refractivity contribution < 1.29 is 9.90 Å². The molecule has 19 heavy (non-hydrogen) atoms. The molecule has 0 aliphatic heterocycles. The van der Waals surface area contributed by atoms with Crippen molar-refractivity contribution in [1.29, 1.82) is 0 Å². The van der Waals surface area contributed by atoms with Gasteiger partial charge in [-0.1, -0.05) is 0 Å². The summed E-state index contributed by atoms with van der Waals surface area (Å²) in [6, 6.07) is 3.48. The van der Waals surface area contributed by atoms with E-state index in [0.29, 0.717) is 18.7 Å². The highest BCUT2D eigenvalue weighted by atomic mass is 32.1. The molecule has 0 unspecified atom stereocenters. The molecule has 0 aliphatic rings. The SMILES string of the molecule is Cc1ccn(CCc2nc(CC(=O)O)cs2)c(=O)c1. The molecule has 2 heterocycles. The molecule has 0 fully saturated rings. The summed E-state index contributed by atoms with van der Waals surface area (Å²) in [5.74, 6) is -0.883. The summed E-state index contributed by atoms with van der Waals surface area (Å²) in [7, 11) is 0. The monoisotopic (exact) mass is 278 g/mol. The van der Waals surface area contributed by atoms with Crippen LogP contribution in [0.2, 0.25) is 0 Å². The van der Waals surface area contributed by atoms with Gasteiger partial charge in [-0.25, -0.2) is 4.98 Å². The first-order valence-electron chi connectivity index (χ1n) is 5.87. The Morgan fingerprint density at radius 3 is 3.00 bits per heavy atom. The van der Waals surface area contributed by atoms with Crippen molar-refractivity contribution in [3.8, 4) is 0 Å². The van der Waals surface area contributed by atoms with Crippen LogP contribution in [0.1, 0.15) is 16.3 Å². The number of hydrogen-bond donors (Lipinski definition) is 1. The van der Waals surface area contributed by atoms with Gasteiger partial charge in [0.15, 0.2) is 0 Å². The van der Waals surface area contributed by atoms with Crippen molar-refractivity contribution in [2.24, 2.45) is 0 Å². The van der Waals surface area contributed by atoms with Crippen LogP contribution in [0.4, 0.5) is 0 Å². The minimum Gasteiger partial charge on any atom is -0.481 e.